The maximum absolute atomic E-state index is 4.29. The number of likely N-dealkylation sites (N-methyl/N-ethyl adjacent to an activating group) is 1. The molecule has 4 nitrogen and oxygen atoms in total. The van der Waals surface area contributed by atoms with Crippen LogP contribution < -0.4 is 5.32 Å². The van der Waals surface area contributed by atoms with Crippen molar-refractivity contribution < 1.29 is 0 Å². The monoisotopic (exact) mass is 234 g/mol. The first-order valence-electron chi connectivity index (χ1n) is 6.59. The fraction of sp³-hybridized carbons (Fsp3) is 0.692. The normalized spacial score (nSPS) is 20.7. The highest BCUT2D eigenvalue weighted by Crippen LogP contribution is 2.09. The maximum Gasteiger partial charge on any atom is 0.115 e. The molecule has 94 valence electrons. The van der Waals surface area contributed by atoms with Crippen LogP contribution in [0.2, 0.25) is 0 Å². The minimum atomic E-state index is 0.658. The molecule has 1 saturated heterocycles. The molecule has 0 amide bonds. The lowest BCUT2D eigenvalue weighted by Gasteiger charge is -2.29. The van der Waals surface area contributed by atoms with Gasteiger partial charge in [-0.1, -0.05) is 13.3 Å². The molecule has 0 radical (unpaired) electrons. The van der Waals surface area contributed by atoms with Gasteiger partial charge in [-0.3, -0.25) is 4.90 Å². The molecule has 0 spiro atoms. The zero-order chi connectivity index (χ0) is 11.9. The molecule has 1 N–H and O–H groups in total. The van der Waals surface area contributed by atoms with Gasteiger partial charge < -0.3 is 5.32 Å². The van der Waals surface area contributed by atoms with E-state index in [0.29, 0.717) is 6.04 Å². The van der Waals surface area contributed by atoms with Crippen LogP contribution in [0.1, 0.15) is 31.9 Å². The Morgan fingerprint density at radius 1 is 1.47 bits per heavy atom. The zero-order valence-electron chi connectivity index (χ0n) is 10.6. The summed E-state index contributed by atoms with van der Waals surface area (Å²) in [6.45, 7) is 6.51. The summed E-state index contributed by atoms with van der Waals surface area (Å²) >= 11 is 0. The number of rotatable bonds is 5. The Morgan fingerprint density at radius 2 is 2.41 bits per heavy atom. The van der Waals surface area contributed by atoms with Crippen molar-refractivity contribution in [3.05, 3.63) is 24.3 Å². The molecule has 0 aromatic carbocycles. The second-order valence-electron chi connectivity index (χ2n) is 4.68. The summed E-state index contributed by atoms with van der Waals surface area (Å²) < 4.78 is 0. The van der Waals surface area contributed by atoms with Gasteiger partial charge in [-0.05, 0) is 32.0 Å². The molecule has 1 unspecified atom stereocenters. The Hall–Kier alpha value is -1.00. The van der Waals surface area contributed by atoms with Gasteiger partial charge in [0.25, 0.3) is 0 Å². The van der Waals surface area contributed by atoms with Crippen molar-refractivity contribution in [1.82, 2.24) is 20.2 Å². The van der Waals surface area contributed by atoms with Gasteiger partial charge in [-0.25, -0.2) is 9.97 Å². The third kappa shape index (κ3) is 4.06. The van der Waals surface area contributed by atoms with Crippen molar-refractivity contribution in [1.29, 1.82) is 0 Å². The fourth-order valence-corrected chi connectivity index (χ4v) is 2.34. The lowest BCUT2D eigenvalue weighted by atomic mass is 10.0. The van der Waals surface area contributed by atoms with Gasteiger partial charge >= 0.3 is 0 Å². The molecule has 17 heavy (non-hydrogen) atoms. The molecule has 2 heterocycles. The number of hydrogen-bond acceptors (Lipinski definition) is 4. The smallest absolute Gasteiger partial charge is 0.115 e. The van der Waals surface area contributed by atoms with Crippen molar-refractivity contribution in [2.45, 2.75) is 38.8 Å². The molecule has 2 rings (SSSR count). The van der Waals surface area contributed by atoms with E-state index >= 15 is 0 Å². The molecule has 0 bridgehead atoms. The second kappa shape index (κ2) is 6.67. The first-order valence-corrected chi connectivity index (χ1v) is 6.59. The molecular formula is C13H22N4. The molecule has 1 fully saturated rings. The van der Waals surface area contributed by atoms with Gasteiger partial charge in [0.1, 0.15) is 6.33 Å². The predicted octanol–water partition coefficient (Wildman–Crippen LogP) is 1.44. The Kier molecular flexibility index (Phi) is 4.88. The van der Waals surface area contributed by atoms with Crippen LogP contribution in [0, 0.1) is 0 Å². The summed E-state index contributed by atoms with van der Waals surface area (Å²) in [4.78, 5) is 10.7. The van der Waals surface area contributed by atoms with Crippen LogP contribution in [0.3, 0.4) is 0 Å². The van der Waals surface area contributed by atoms with E-state index < -0.39 is 0 Å². The number of nitrogens with zero attached hydrogens (tertiary/aromatic N) is 3. The summed E-state index contributed by atoms with van der Waals surface area (Å²) in [6, 6.07) is 2.65. The van der Waals surface area contributed by atoms with E-state index in [0.717, 1.165) is 25.3 Å². The van der Waals surface area contributed by atoms with E-state index in [-0.39, 0.29) is 0 Å². The van der Waals surface area contributed by atoms with Crippen molar-refractivity contribution in [3.63, 3.8) is 0 Å². The number of piperidine rings is 1. The Labute approximate surface area is 103 Å². The number of nitrogens with one attached hydrogen (secondary N) is 1. The van der Waals surface area contributed by atoms with Crippen LogP contribution in [0.5, 0.6) is 0 Å². The first-order chi connectivity index (χ1) is 8.38. The maximum atomic E-state index is 4.29. The van der Waals surface area contributed by atoms with E-state index in [4.69, 9.17) is 0 Å². The van der Waals surface area contributed by atoms with Gasteiger partial charge in [-0.15, -0.1) is 0 Å². The highest BCUT2D eigenvalue weighted by Gasteiger charge is 2.15. The van der Waals surface area contributed by atoms with Crippen molar-refractivity contribution in [2.24, 2.45) is 0 Å². The van der Waals surface area contributed by atoms with E-state index in [1.807, 2.05) is 12.3 Å². The van der Waals surface area contributed by atoms with Gasteiger partial charge in [0, 0.05) is 25.3 Å². The van der Waals surface area contributed by atoms with E-state index in [1.54, 1.807) is 6.33 Å². The summed E-state index contributed by atoms with van der Waals surface area (Å²) in [5, 5.41) is 3.60. The summed E-state index contributed by atoms with van der Waals surface area (Å²) in [6.07, 6.45) is 7.44. The average Bonchev–Trinajstić information content (AvgIpc) is 2.40. The van der Waals surface area contributed by atoms with E-state index in [9.17, 15) is 0 Å². The predicted molar refractivity (Wildman–Crippen MR) is 68.6 cm³/mol. The van der Waals surface area contributed by atoms with Crippen LogP contribution in [-0.4, -0.2) is 40.5 Å². The molecule has 1 atom stereocenters. The quantitative estimate of drug-likeness (QED) is 0.837. The highest BCUT2D eigenvalue weighted by atomic mass is 15.2. The third-order valence-corrected chi connectivity index (χ3v) is 3.37. The molecule has 1 aromatic rings. The van der Waals surface area contributed by atoms with Crippen LogP contribution in [0.4, 0.5) is 0 Å². The van der Waals surface area contributed by atoms with Gasteiger partial charge in [-0.2, -0.15) is 0 Å². The number of aromatic nitrogens is 2. The standard InChI is InChI=1S/C13H22N4/c1-2-17(9-12-5-3-4-7-15-12)10-13-6-8-14-11-16-13/h6,8,11-12,15H,2-5,7,9-10H2,1H3. The SMILES string of the molecule is CCN(Cc1ccncn1)CC1CCCCN1. The Bertz CT molecular complexity index is 308. The molecule has 4 heteroatoms. The molecule has 0 saturated carbocycles. The van der Waals surface area contributed by atoms with Crippen molar-refractivity contribution >= 4 is 0 Å². The first kappa shape index (κ1) is 12.5. The van der Waals surface area contributed by atoms with E-state index in [2.05, 4.69) is 27.1 Å². The summed E-state index contributed by atoms with van der Waals surface area (Å²) in [5.74, 6) is 0. The molecular weight excluding hydrogens is 212 g/mol. The second-order valence-corrected chi connectivity index (χ2v) is 4.68. The van der Waals surface area contributed by atoms with Crippen molar-refractivity contribution in [3.8, 4) is 0 Å². The lowest BCUT2D eigenvalue weighted by Crippen LogP contribution is -2.43. The van der Waals surface area contributed by atoms with Crippen LogP contribution >= 0.6 is 0 Å². The van der Waals surface area contributed by atoms with Gasteiger partial charge in [0.2, 0.25) is 0 Å². The largest absolute Gasteiger partial charge is 0.313 e. The third-order valence-electron chi connectivity index (χ3n) is 3.37. The van der Waals surface area contributed by atoms with Gasteiger partial charge in [0.15, 0.2) is 0 Å². The van der Waals surface area contributed by atoms with Crippen LogP contribution in [0.15, 0.2) is 18.6 Å². The Morgan fingerprint density at radius 3 is 3.06 bits per heavy atom. The molecule has 1 aromatic heterocycles. The zero-order valence-corrected chi connectivity index (χ0v) is 10.6. The van der Waals surface area contributed by atoms with Gasteiger partial charge in [0.05, 0.1) is 5.69 Å². The molecule has 0 aliphatic carbocycles. The fourth-order valence-electron chi connectivity index (χ4n) is 2.34. The highest BCUT2D eigenvalue weighted by molar-refractivity contribution is 4.97. The summed E-state index contributed by atoms with van der Waals surface area (Å²) in [7, 11) is 0. The average molecular weight is 234 g/mol. The van der Waals surface area contributed by atoms with E-state index in [1.165, 1.54) is 25.8 Å². The minimum Gasteiger partial charge on any atom is -0.313 e. The molecule has 1 aliphatic rings. The Balaban J connectivity index is 1.83. The minimum absolute atomic E-state index is 0.658. The van der Waals surface area contributed by atoms with Crippen molar-refractivity contribution in [2.75, 3.05) is 19.6 Å². The van der Waals surface area contributed by atoms with Crippen LogP contribution in [0.25, 0.3) is 0 Å². The summed E-state index contributed by atoms with van der Waals surface area (Å²) in [5.41, 5.74) is 1.11. The number of hydrogen-bond donors (Lipinski definition) is 1. The lowest BCUT2D eigenvalue weighted by molar-refractivity contribution is 0.224. The molecule has 1 aliphatic heterocycles. The van der Waals surface area contributed by atoms with Crippen LogP contribution in [-0.2, 0) is 6.54 Å². The topological polar surface area (TPSA) is 41.1 Å².